The lowest BCUT2D eigenvalue weighted by molar-refractivity contribution is 0.211. The molecule has 0 N–H and O–H groups in total. The van der Waals surface area contributed by atoms with Crippen LogP contribution in [0.5, 0.6) is 0 Å². The van der Waals surface area contributed by atoms with Crippen LogP contribution in [0.3, 0.4) is 0 Å². The van der Waals surface area contributed by atoms with E-state index in [9.17, 15) is 0 Å². The summed E-state index contributed by atoms with van der Waals surface area (Å²) in [7, 11) is 0. The number of rotatable bonds is 3. The summed E-state index contributed by atoms with van der Waals surface area (Å²) in [6.07, 6.45) is 7.02. The molecule has 0 amide bonds. The summed E-state index contributed by atoms with van der Waals surface area (Å²) in [5, 5.41) is 0. The highest BCUT2D eigenvalue weighted by atomic mass is 14.4. The molecule has 104 valence electrons. The van der Waals surface area contributed by atoms with Crippen molar-refractivity contribution in [3.05, 3.63) is 12.2 Å². The van der Waals surface area contributed by atoms with Gasteiger partial charge in [0.2, 0.25) is 0 Å². The number of hydrogen-bond donors (Lipinski definition) is 0. The zero-order valence-electron chi connectivity index (χ0n) is 13.7. The summed E-state index contributed by atoms with van der Waals surface area (Å²) >= 11 is 0. The van der Waals surface area contributed by atoms with Gasteiger partial charge in [-0.3, -0.25) is 0 Å². The Hall–Kier alpha value is -0.260. The smallest absolute Gasteiger partial charge is 0.0145 e. The van der Waals surface area contributed by atoms with Crippen LogP contribution in [0.2, 0.25) is 0 Å². The summed E-state index contributed by atoms with van der Waals surface area (Å²) in [6, 6.07) is 0. The van der Waals surface area contributed by atoms with Crippen LogP contribution >= 0.6 is 0 Å². The summed E-state index contributed by atoms with van der Waals surface area (Å²) in [5.74, 6) is 0. The lowest BCUT2D eigenvalue weighted by Gasteiger charge is -2.35. The van der Waals surface area contributed by atoms with Gasteiger partial charge in [-0.1, -0.05) is 73.5 Å². The van der Waals surface area contributed by atoms with Crippen molar-refractivity contribution in [1.29, 1.82) is 0 Å². The van der Waals surface area contributed by atoms with Gasteiger partial charge in [0.25, 0.3) is 0 Å². The average molecular weight is 240 g/mol. The maximum Gasteiger partial charge on any atom is -0.0145 e. The Labute approximate surface area is 111 Å². The van der Waals surface area contributed by atoms with Gasteiger partial charge in [-0.25, -0.2) is 0 Å². The second-order valence-corrected chi connectivity index (χ2v) is 5.86. The second kappa shape index (κ2) is 8.78. The van der Waals surface area contributed by atoms with Gasteiger partial charge in [0.05, 0.1) is 0 Å². The lowest BCUT2D eigenvalue weighted by atomic mass is 9.70. The van der Waals surface area contributed by atoms with E-state index in [0.717, 1.165) is 0 Å². The van der Waals surface area contributed by atoms with Gasteiger partial charge in [-0.2, -0.15) is 0 Å². The molecule has 17 heavy (non-hydrogen) atoms. The minimum Gasteiger partial charge on any atom is -0.0996 e. The van der Waals surface area contributed by atoms with Gasteiger partial charge in [0, 0.05) is 0 Å². The topological polar surface area (TPSA) is 0 Å². The molecular weight excluding hydrogens is 204 g/mol. The fourth-order valence-corrected chi connectivity index (χ4v) is 2.62. The molecule has 0 aromatic carbocycles. The Morgan fingerprint density at radius 3 is 1.71 bits per heavy atom. The number of allylic oxidation sites excluding steroid dienone is 1. The van der Waals surface area contributed by atoms with Crippen molar-refractivity contribution < 1.29 is 0 Å². The molecule has 0 aromatic heterocycles. The molecule has 0 bridgehead atoms. The summed E-state index contributed by atoms with van der Waals surface area (Å²) in [4.78, 5) is 0. The van der Waals surface area contributed by atoms with Crippen LogP contribution in [-0.4, -0.2) is 0 Å². The van der Waals surface area contributed by atoms with Gasteiger partial charge < -0.3 is 0 Å². The second-order valence-electron chi connectivity index (χ2n) is 5.86. The molecule has 0 atom stereocenters. The van der Waals surface area contributed by atoms with E-state index in [1.165, 1.54) is 37.7 Å². The van der Waals surface area contributed by atoms with Crippen molar-refractivity contribution in [2.24, 2.45) is 10.8 Å². The minimum absolute atomic E-state index is 0.332. The SMILES string of the molecule is C=C(C)C(C)(C)CC1(C)CCCC1.CC.CC. The van der Waals surface area contributed by atoms with Crippen molar-refractivity contribution in [1.82, 2.24) is 0 Å². The molecule has 0 heterocycles. The van der Waals surface area contributed by atoms with E-state index in [4.69, 9.17) is 0 Å². The number of hydrogen-bond acceptors (Lipinski definition) is 0. The Bertz CT molecular complexity index is 192. The predicted octanol–water partition coefficient (Wildman–Crippen LogP) is 6.61. The molecule has 0 saturated heterocycles. The third-order valence-electron chi connectivity index (χ3n) is 3.83. The molecule has 0 spiro atoms. The van der Waals surface area contributed by atoms with Crippen molar-refractivity contribution in [3.8, 4) is 0 Å². The zero-order valence-corrected chi connectivity index (χ0v) is 13.7. The average Bonchev–Trinajstić information content (AvgIpc) is 2.69. The van der Waals surface area contributed by atoms with Gasteiger partial charge in [-0.15, -0.1) is 0 Å². The molecule has 1 fully saturated rings. The van der Waals surface area contributed by atoms with E-state index in [-0.39, 0.29) is 0 Å². The molecule has 1 aliphatic carbocycles. The molecule has 1 saturated carbocycles. The van der Waals surface area contributed by atoms with Crippen molar-refractivity contribution in [3.63, 3.8) is 0 Å². The van der Waals surface area contributed by atoms with Crippen LogP contribution in [0.15, 0.2) is 12.2 Å². The van der Waals surface area contributed by atoms with Crippen molar-refractivity contribution in [2.45, 2.75) is 87.5 Å². The molecule has 0 aliphatic heterocycles. The van der Waals surface area contributed by atoms with Crippen LogP contribution < -0.4 is 0 Å². The highest BCUT2D eigenvalue weighted by Gasteiger charge is 2.34. The Morgan fingerprint density at radius 1 is 1.06 bits per heavy atom. The largest absolute Gasteiger partial charge is 0.0996 e. The minimum atomic E-state index is 0.332. The Balaban J connectivity index is 0. The third-order valence-corrected chi connectivity index (χ3v) is 3.83. The fourth-order valence-electron chi connectivity index (χ4n) is 2.62. The normalized spacial score (nSPS) is 17.4. The van der Waals surface area contributed by atoms with E-state index in [1.54, 1.807) is 0 Å². The highest BCUT2D eigenvalue weighted by molar-refractivity contribution is 5.05. The van der Waals surface area contributed by atoms with E-state index >= 15 is 0 Å². The van der Waals surface area contributed by atoms with E-state index < -0.39 is 0 Å². The summed E-state index contributed by atoms with van der Waals surface area (Å²) in [6.45, 7) is 21.4. The Morgan fingerprint density at radius 2 is 1.41 bits per heavy atom. The first-order valence-electron chi connectivity index (χ1n) is 7.52. The van der Waals surface area contributed by atoms with Crippen LogP contribution in [-0.2, 0) is 0 Å². The molecule has 0 radical (unpaired) electrons. The standard InChI is InChI=1S/C13H24.2C2H6/c1-11(2)12(3,4)10-13(5)8-6-7-9-13;2*1-2/h1,6-10H2,2-5H3;2*1-2H3. The molecular formula is C17H36. The summed E-state index contributed by atoms with van der Waals surface area (Å²) < 4.78 is 0. The van der Waals surface area contributed by atoms with Crippen molar-refractivity contribution >= 4 is 0 Å². The zero-order chi connectivity index (χ0) is 14.1. The molecule has 1 rings (SSSR count). The first-order valence-corrected chi connectivity index (χ1v) is 7.52. The van der Waals surface area contributed by atoms with Gasteiger partial charge in [-0.05, 0) is 37.0 Å². The van der Waals surface area contributed by atoms with Gasteiger partial charge >= 0.3 is 0 Å². The van der Waals surface area contributed by atoms with Gasteiger partial charge in [0.1, 0.15) is 0 Å². The van der Waals surface area contributed by atoms with Crippen LogP contribution in [0.25, 0.3) is 0 Å². The molecule has 0 heteroatoms. The predicted molar refractivity (Wildman–Crippen MR) is 82.5 cm³/mol. The lowest BCUT2D eigenvalue weighted by Crippen LogP contribution is -2.23. The van der Waals surface area contributed by atoms with Crippen LogP contribution in [0, 0.1) is 10.8 Å². The highest BCUT2D eigenvalue weighted by Crippen LogP contribution is 2.47. The molecule has 1 aliphatic rings. The maximum atomic E-state index is 4.10. The summed E-state index contributed by atoms with van der Waals surface area (Å²) in [5.41, 5.74) is 2.27. The Kier molecular flexibility index (Phi) is 9.85. The maximum absolute atomic E-state index is 4.10. The van der Waals surface area contributed by atoms with Crippen molar-refractivity contribution in [2.75, 3.05) is 0 Å². The van der Waals surface area contributed by atoms with Gasteiger partial charge in [0.15, 0.2) is 0 Å². The molecule has 0 aromatic rings. The first-order chi connectivity index (χ1) is 7.86. The van der Waals surface area contributed by atoms with E-state index in [0.29, 0.717) is 10.8 Å². The molecule has 0 nitrogen and oxygen atoms in total. The van der Waals surface area contributed by atoms with Crippen LogP contribution in [0.1, 0.15) is 87.5 Å². The quantitative estimate of drug-likeness (QED) is 0.487. The monoisotopic (exact) mass is 240 g/mol. The first kappa shape index (κ1) is 19.1. The van der Waals surface area contributed by atoms with E-state index in [1.807, 2.05) is 27.7 Å². The van der Waals surface area contributed by atoms with E-state index in [2.05, 4.69) is 34.3 Å². The third kappa shape index (κ3) is 6.91. The molecule has 0 unspecified atom stereocenters. The fraction of sp³-hybridized carbons (Fsp3) is 0.882. The van der Waals surface area contributed by atoms with Crippen LogP contribution in [0.4, 0.5) is 0 Å².